The van der Waals surface area contributed by atoms with Crippen LogP contribution < -0.4 is 5.32 Å². The summed E-state index contributed by atoms with van der Waals surface area (Å²) in [6, 6.07) is 1.78. The van der Waals surface area contributed by atoms with Crippen molar-refractivity contribution in [1.82, 2.24) is 25.5 Å². The first kappa shape index (κ1) is 13.6. The molecule has 8 heteroatoms. The molecule has 0 aliphatic rings. The highest BCUT2D eigenvalue weighted by atomic mass is 32.1. The number of carbonyl (C=O) groups excluding carboxylic acids is 1. The maximum Gasteiger partial charge on any atom is 0.264 e. The van der Waals surface area contributed by atoms with Crippen LogP contribution in [-0.4, -0.2) is 43.4 Å². The van der Waals surface area contributed by atoms with Crippen LogP contribution in [0.3, 0.4) is 0 Å². The fourth-order valence-corrected chi connectivity index (χ4v) is 2.27. The highest BCUT2D eigenvalue weighted by molar-refractivity contribution is 7.12. The maximum atomic E-state index is 12.3. The SMILES string of the molecule is CCC(C)(CO)NC(=O)c1sccc1-n1cnnn1. The Hall–Kier alpha value is -1.80. The van der Waals surface area contributed by atoms with E-state index in [0.717, 1.165) is 0 Å². The molecule has 2 aromatic heterocycles. The molecule has 0 spiro atoms. The van der Waals surface area contributed by atoms with Crippen LogP contribution in [0.5, 0.6) is 0 Å². The number of carbonyl (C=O) groups is 1. The van der Waals surface area contributed by atoms with Gasteiger partial charge in [0.25, 0.3) is 5.91 Å². The van der Waals surface area contributed by atoms with E-state index >= 15 is 0 Å². The van der Waals surface area contributed by atoms with Gasteiger partial charge in [0.15, 0.2) is 0 Å². The van der Waals surface area contributed by atoms with E-state index < -0.39 is 5.54 Å². The Kier molecular flexibility index (Phi) is 3.91. The number of hydrogen-bond acceptors (Lipinski definition) is 6. The van der Waals surface area contributed by atoms with Gasteiger partial charge in [-0.05, 0) is 35.2 Å². The summed E-state index contributed by atoms with van der Waals surface area (Å²) in [6.45, 7) is 3.60. The molecule has 0 aliphatic heterocycles. The second kappa shape index (κ2) is 5.45. The van der Waals surface area contributed by atoms with Crippen LogP contribution in [-0.2, 0) is 0 Å². The molecule has 0 aromatic carbocycles. The number of tetrazole rings is 1. The van der Waals surface area contributed by atoms with Gasteiger partial charge in [0.1, 0.15) is 11.2 Å². The normalized spacial score (nSPS) is 14.1. The summed E-state index contributed by atoms with van der Waals surface area (Å²) < 4.78 is 1.44. The summed E-state index contributed by atoms with van der Waals surface area (Å²) in [7, 11) is 0. The number of aromatic nitrogens is 4. The molecule has 2 rings (SSSR count). The molecule has 0 fully saturated rings. The molecule has 1 atom stereocenters. The van der Waals surface area contributed by atoms with E-state index in [2.05, 4.69) is 20.8 Å². The zero-order chi connectivity index (χ0) is 13.9. The van der Waals surface area contributed by atoms with Crippen molar-refractivity contribution in [1.29, 1.82) is 0 Å². The van der Waals surface area contributed by atoms with E-state index in [0.29, 0.717) is 17.0 Å². The van der Waals surface area contributed by atoms with Gasteiger partial charge in [0.05, 0.1) is 17.8 Å². The average Bonchev–Trinajstić information content (AvgIpc) is 3.08. The van der Waals surface area contributed by atoms with Gasteiger partial charge in [-0.15, -0.1) is 16.4 Å². The van der Waals surface area contributed by atoms with Gasteiger partial charge in [-0.25, -0.2) is 0 Å². The third-order valence-corrected chi connectivity index (χ3v) is 3.89. The van der Waals surface area contributed by atoms with Crippen molar-refractivity contribution < 1.29 is 9.90 Å². The largest absolute Gasteiger partial charge is 0.394 e. The van der Waals surface area contributed by atoms with Crippen LogP contribution in [0.2, 0.25) is 0 Å². The van der Waals surface area contributed by atoms with Crippen LogP contribution in [0.1, 0.15) is 29.9 Å². The summed E-state index contributed by atoms with van der Waals surface area (Å²) in [5.41, 5.74) is 0.00257. The summed E-state index contributed by atoms with van der Waals surface area (Å²) in [6.07, 6.45) is 2.07. The highest BCUT2D eigenvalue weighted by Crippen LogP contribution is 2.21. The Morgan fingerprint density at radius 2 is 2.42 bits per heavy atom. The molecule has 2 aromatic rings. The van der Waals surface area contributed by atoms with Crippen molar-refractivity contribution in [3.05, 3.63) is 22.7 Å². The Balaban J connectivity index is 2.24. The third kappa shape index (κ3) is 2.79. The average molecular weight is 281 g/mol. The topological polar surface area (TPSA) is 92.9 Å². The molecule has 2 N–H and O–H groups in total. The number of thiophene rings is 1. The molecule has 1 unspecified atom stereocenters. The molecule has 0 aliphatic carbocycles. The second-order valence-electron chi connectivity index (χ2n) is 4.42. The van der Waals surface area contributed by atoms with Crippen molar-refractivity contribution in [2.45, 2.75) is 25.8 Å². The van der Waals surface area contributed by atoms with Gasteiger partial charge >= 0.3 is 0 Å². The molecule has 0 bridgehead atoms. The Morgan fingerprint density at radius 3 is 3.00 bits per heavy atom. The number of amides is 1. The number of nitrogens with zero attached hydrogens (tertiary/aromatic N) is 4. The number of hydrogen-bond donors (Lipinski definition) is 2. The molecular weight excluding hydrogens is 266 g/mol. The Labute approximate surface area is 114 Å². The van der Waals surface area contributed by atoms with Gasteiger partial charge in [-0.1, -0.05) is 6.92 Å². The molecule has 1 amide bonds. The summed E-state index contributed by atoms with van der Waals surface area (Å²) >= 11 is 1.31. The summed E-state index contributed by atoms with van der Waals surface area (Å²) in [5.74, 6) is -0.237. The minimum absolute atomic E-state index is 0.110. The third-order valence-electron chi connectivity index (χ3n) is 2.99. The van der Waals surface area contributed by atoms with Gasteiger partial charge in [0.2, 0.25) is 0 Å². The van der Waals surface area contributed by atoms with Crippen LogP contribution in [0.25, 0.3) is 5.69 Å². The minimum atomic E-state index is -0.626. The predicted octanol–water partition coefficient (Wildman–Crippen LogP) is 0.615. The van der Waals surface area contributed by atoms with Crippen LogP contribution in [0.15, 0.2) is 17.8 Å². The number of aliphatic hydroxyl groups excluding tert-OH is 1. The standard InChI is InChI=1S/C11H15N5O2S/c1-3-11(2,6-17)13-10(18)9-8(4-5-19-9)16-7-12-14-15-16/h4-5,7,17H,3,6H2,1-2H3,(H,13,18). The molecule has 102 valence electrons. The van der Waals surface area contributed by atoms with Crippen molar-refractivity contribution in [2.75, 3.05) is 6.61 Å². The zero-order valence-electron chi connectivity index (χ0n) is 10.7. The van der Waals surface area contributed by atoms with E-state index in [1.807, 2.05) is 6.92 Å². The number of nitrogens with one attached hydrogen (secondary N) is 1. The lowest BCUT2D eigenvalue weighted by Gasteiger charge is -2.27. The maximum absolute atomic E-state index is 12.3. The van der Waals surface area contributed by atoms with E-state index in [9.17, 15) is 9.90 Å². The fourth-order valence-electron chi connectivity index (χ4n) is 1.50. The lowest BCUT2D eigenvalue weighted by molar-refractivity contribution is 0.0851. The van der Waals surface area contributed by atoms with Crippen LogP contribution in [0, 0.1) is 0 Å². The Bertz CT molecular complexity index is 547. The molecule has 0 saturated heterocycles. The monoisotopic (exact) mass is 281 g/mol. The molecule has 19 heavy (non-hydrogen) atoms. The van der Waals surface area contributed by atoms with E-state index in [1.165, 1.54) is 22.3 Å². The zero-order valence-corrected chi connectivity index (χ0v) is 11.5. The first-order valence-electron chi connectivity index (χ1n) is 5.84. The van der Waals surface area contributed by atoms with Crippen LogP contribution >= 0.6 is 11.3 Å². The van der Waals surface area contributed by atoms with Crippen molar-refractivity contribution in [3.63, 3.8) is 0 Å². The van der Waals surface area contributed by atoms with E-state index in [1.54, 1.807) is 18.4 Å². The van der Waals surface area contributed by atoms with Gasteiger partial charge in [-0.2, -0.15) is 4.68 Å². The van der Waals surface area contributed by atoms with Gasteiger partial charge in [-0.3, -0.25) is 4.79 Å². The number of rotatable bonds is 5. The number of aliphatic hydroxyl groups is 1. The van der Waals surface area contributed by atoms with Crippen molar-refractivity contribution in [3.8, 4) is 5.69 Å². The van der Waals surface area contributed by atoms with Gasteiger partial charge in [0, 0.05) is 0 Å². The molecule has 0 saturated carbocycles. The smallest absolute Gasteiger partial charge is 0.264 e. The van der Waals surface area contributed by atoms with Crippen molar-refractivity contribution in [2.24, 2.45) is 0 Å². The first-order chi connectivity index (χ1) is 9.09. The van der Waals surface area contributed by atoms with Crippen LogP contribution in [0.4, 0.5) is 0 Å². The lowest BCUT2D eigenvalue weighted by atomic mass is 10.0. The summed E-state index contributed by atoms with van der Waals surface area (Å²) in [5, 5.41) is 24.8. The molecule has 2 heterocycles. The lowest BCUT2D eigenvalue weighted by Crippen LogP contribution is -2.48. The summed E-state index contributed by atoms with van der Waals surface area (Å²) in [4.78, 5) is 12.8. The molecule has 0 radical (unpaired) electrons. The Morgan fingerprint density at radius 1 is 1.63 bits per heavy atom. The first-order valence-corrected chi connectivity index (χ1v) is 6.72. The second-order valence-corrected chi connectivity index (χ2v) is 5.33. The van der Waals surface area contributed by atoms with E-state index in [-0.39, 0.29) is 12.5 Å². The quantitative estimate of drug-likeness (QED) is 0.838. The predicted molar refractivity (Wildman–Crippen MR) is 70.3 cm³/mol. The highest BCUT2D eigenvalue weighted by Gasteiger charge is 2.26. The van der Waals surface area contributed by atoms with Gasteiger partial charge < -0.3 is 10.4 Å². The fraction of sp³-hybridized carbons (Fsp3) is 0.455. The van der Waals surface area contributed by atoms with Crippen molar-refractivity contribution >= 4 is 17.2 Å². The molecule has 7 nitrogen and oxygen atoms in total. The molecular formula is C11H15N5O2S. The van der Waals surface area contributed by atoms with E-state index in [4.69, 9.17) is 0 Å². The minimum Gasteiger partial charge on any atom is -0.394 e.